The molecule has 0 aromatic heterocycles. The fourth-order valence-electron chi connectivity index (χ4n) is 5.49. The molecule has 2 N–H and O–H groups in total. The molecule has 0 bridgehead atoms. The Morgan fingerprint density at radius 3 is 2.51 bits per heavy atom. The number of rotatable bonds is 10. The highest BCUT2D eigenvalue weighted by atomic mass is 35.5. The lowest BCUT2D eigenvalue weighted by atomic mass is 9.79. The average molecular weight is 561 g/mol. The van der Waals surface area contributed by atoms with Crippen molar-refractivity contribution in [2.24, 2.45) is 5.92 Å². The molecule has 3 fully saturated rings. The van der Waals surface area contributed by atoms with Crippen LogP contribution >= 0.6 is 11.6 Å². The number of benzene rings is 2. The third-order valence-corrected chi connectivity index (χ3v) is 8.74. The Kier molecular flexibility index (Phi) is 8.15. The molecule has 2 saturated carbocycles. The molecule has 39 heavy (non-hydrogen) atoms. The van der Waals surface area contributed by atoms with Crippen LogP contribution < -0.4 is 10.1 Å². The van der Waals surface area contributed by atoms with Crippen LogP contribution in [0.5, 0.6) is 5.75 Å². The lowest BCUT2D eigenvalue weighted by Crippen LogP contribution is -2.48. The van der Waals surface area contributed by atoms with Crippen LogP contribution in [-0.2, 0) is 11.3 Å². The van der Waals surface area contributed by atoms with Gasteiger partial charge in [0, 0.05) is 30.7 Å². The second-order valence-corrected chi connectivity index (χ2v) is 11.8. The van der Waals surface area contributed by atoms with Gasteiger partial charge in [-0.05, 0) is 80.5 Å². The van der Waals surface area contributed by atoms with Gasteiger partial charge in [0.2, 0.25) is 0 Å². The fourth-order valence-corrected chi connectivity index (χ4v) is 5.66. The molecular weight excluding hydrogens is 526 g/mol. The number of piperidine rings is 1. The number of halogens is 3. The van der Waals surface area contributed by atoms with Crippen molar-refractivity contribution in [3.05, 3.63) is 63.4 Å². The average Bonchev–Trinajstić information content (AvgIpc) is 3.70. The van der Waals surface area contributed by atoms with Crippen molar-refractivity contribution in [1.29, 1.82) is 0 Å². The number of likely N-dealkylation sites (tertiary alicyclic amines) is 1. The number of carboxylic acids is 1. The van der Waals surface area contributed by atoms with Crippen molar-refractivity contribution in [3.63, 3.8) is 0 Å². The summed E-state index contributed by atoms with van der Waals surface area (Å²) in [5, 5.41) is 12.7. The Hall–Kier alpha value is -2.71. The maximum absolute atomic E-state index is 15.7. The zero-order chi connectivity index (χ0) is 27.7. The van der Waals surface area contributed by atoms with Gasteiger partial charge in [-0.15, -0.1) is 0 Å². The Labute approximate surface area is 232 Å². The van der Waals surface area contributed by atoms with Crippen LogP contribution in [0.15, 0.2) is 30.3 Å². The van der Waals surface area contributed by atoms with Crippen LogP contribution in [0.1, 0.15) is 77.9 Å². The van der Waals surface area contributed by atoms with Crippen molar-refractivity contribution in [2.75, 3.05) is 19.7 Å². The van der Waals surface area contributed by atoms with E-state index >= 15 is 8.78 Å². The summed E-state index contributed by atoms with van der Waals surface area (Å²) in [6.07, 6.45) is 4.70. The number of alkyl halides is 1. The molecule has 2 aliphatic carbocycles. The molecule has 1 atom stereocenters. The van der Waals surface area contributed by atoms with E-state index in [0.29, 0.717) is 30.2 Å². The van der Waals surface area contributed by atoms with Gasteiger partial charge in [0.15, 0.2) is 0 Å². The van der Waals surface area contributed by atoms with Crippen LogP contribution in [0, 0.1) is 18.7 Å². The van der Waals surface area contributed by atoms with Crippen molar-refractivity contribution in [2.45, 2.75) is 76.0 Å². The normalized spacial score (nSPS) is 20.2. The topological polar surface area (TPSA) is 78.9 Å². The maximum Gasteiger partial charge on any atom is 0.326 e. The molecule has 1 unspecified atom stereocenters. The van der Waals surface area contributed by atoms with Crippen LogP contribution in [0.25, 0.3) is 0 Å². The van der Waals surface area contributed by atoms with Crippen molar-refractivity contribution < 1.29 is 28.2 Å². The molecule has 2 aromatic carbocycles. The molecule has 1 amide bonds. The maximum atomic E-state index is 15.7. The predicted molar refractivity (Wildman–Crippen MR) is 145 cm³/mol. The zero-order valence-electron chi connectivity index (χ0n) is 22.2. The summed E-state index contributed by atoms with van der Waals surface area (Å²) >= 11 is 6.34. The van der Waals surface area contributed by atoms with E-state index in [1.165, 1.54) is 6.07 Å². The summed E-state index contributed by atoms with van der Waals surface area (Å²) in [5.74, 6) is -2.43. The van der Waals surface area contributed by atoms with E-state index in [4.69, 9.17) is 16.3 Å². The van der Waals surface area contributed by atoms with E-state index in [-0.39, 0.29) is 42.6 Å². The molecule has 1 saturated heterocycles. The number of hydrogen-bond acceptors (Lipinski definition) is 4. The lowest BCUT2D eigenvalue weighted by molar-refractivity contribution is -0.141. The van der Waals surface area contributed by atoms with Crippen LogP contribution in [0.4, 0.5) is 8.78 Å². The van der Waals surface area contributed by atoms with Gasteiger partial charge in [0.1, 0.15) is 29.9 Å². The number of carbonyl (C=O) groups is 2. The van der Waals surface area contributed by atoms with Crippen molar-refractivity contribution >= 4 is 23.5 Å². The first kappa shape index (κ1) is 27.8. The molecule has 0 radical (unpaired) electrons. The molecule has 1 aliphatic heterocycles. The minimum absolute atomic E-state index is 0.116. The molecule has 2 aromatic rings. The van der Waals surface area contributed by atoms with E-state index in [9.17, 15) is 14.7 Å². The summed E-state index contributed by atoms with van der Waals surface area (Å²) in [7, 11) is 0. The molecule has 0 spiro atoms. The Morgan fingerprint density at radius 1 is 1.18 bits per heavy atom. The number of carboxylic acid groups (broad SMARTS) is 1. The molecular formula is C30H35ClF2N2O4. The number of aryl methyl sites for hydroxylation is 1. The smallest absolute Gasteiger partial charge is 0.326 e. The van der Waals surface area contributed by atoms with E-state index in [1.54, 1.807) is 0 Å². The SMILES string of the molecule is Cc1ccc(Cl)c(CN2CCC(F)(COc3cc(F)c(C(=O)NC(C(=O)O)C4CCC4)cc3C3CC3)CC2)c1. The number of ether oxygens (including phenoxy) is 1. The second-order valence-electron chi connectivity index (χ2n) is 11.4. The van der Waals surface area contributed by atoms with Gasteiger partial charge >= 0.3 is 5.97 Å². The van der Waals surface area contributed by atoms with E-state index in [2.05, 4.69) is 16.3 Å². The summed E-state index contributed by atoms with van der Waals surface area (Å²) in [6, 6.07) is 7.47. The van der Waals surface area contributed by atoms with Gasteiger partial charge in [-0.1, -0.05) is 35.7 Å². The molecule has 9 heteroatoms. The van der Waals surface area contributed by atoms with E-state index in [0.717, 1.165) is 49.3 Å². The first-order chi connectivity index (χ1) is 18.6. The third kappa shape index (κ3) is 6.55. The molecule has 1 heterocycles. The number of carbonyl (C=O) groups excluding carboxylic acids is 1. The van der Waals surface area contributed by atoms with Gasteiger partial charge in [-0.2, -0.15) is 0 Å². The number of aliphatic carboxylic acids is 1. The van der Waals surface area contributed by atoms with Gasteiger partial charge in [-0.3, -0.25) is 9.69 Å². The molecule has 3 aliphatic rings. The van der Waals surface area contributed by atoms with Gasteiger partial charge < -0.3 is 15.2 Å². The fraction of sp³-hybridized carbons (Fsp3) is 0.533. The molecule has 6 nitrogen and oxygen atoms in total. The van der Waals surface area contributed by atoms with E-state index < -0.39 is 29.4 Å². The Bertz CT molecular complexity index is 1240. The number of amides is 1. The first-order valence-electron chi connectivity index (χ1n) is 13.8. The van der Waals surface area contributed by atoms with Gasteiger partial charge in [0.05, 0.1) is 5.56 Å². The second kappa shape index (κ2) is 11.4. The number of hydrogen-bond donors (Lipinski definition) is 2. The number of nitrogens with one attached hydrogen (secondary N) is 1. The minimum atomic E-state index is -1.54. The lowest BCUT2D eigenvalue weighted by Gasteiger charge is -2.36. The highest BCUT2D eigenvalue weighted by molar-refractivity contribution is 6.31. The van der Waals surface area contributed by atoms with Crippen LogP contribution in [0.3, 0.4) is 0 Å². The van der Waals surface area contributed by atoms with Crippen molar-refractivity contribution in [1.82, 2.24) is 10.2 Å². The monoisotopic (exact) mass is 560 g/mol. The Morgan fingerprint density at radius 2 is 1.90 bits per heavy atom. The van der Waals surface area contributed by atoms with Gasteiger partial charge in [-0.25, -0.2) is 13.6 Å². The van der Waals surface area contributed by atoms with Crippen molar-refractivity contribution in [3.8, 4) is 5.75 Å². The van der Waals surface area contributed by atoms with Crippen LogP contribution in [-0.4, -0.2) is 53.3 Å². The quantitative estimate of drug-likeness (QED) is 0.371. The first-order valence-corrected chi connectivity index (χ1v) is 14.2. The summed E-state index contributed by atoms with van der Waals surface area (Å²) in [5.41, 5.74) is 1.08. The third-order valence-electron chi connectivity index (χ3n) is 8.37. The van der Waals surface area contributed by atoms with Crippen LogP contribution in [0.2, 0.25) is 5.02 Å². The Balaban J connectivity index is 1.22. The van der Waals surface area contributed by atoms with Gasteiger partial charge in [0.25, 0.3) is 5.91 Å². The minimum Gasteiger partial charge on any atom is -0.490 e. The standard InChI is InChI=1S/C30H35ClF2N2O4/c1-18-5-8-24(31)21(13-18)16-35-11-9-30(33,10-12-35)17-39-26-15-25(32)23(14-22(26)19-6-7-19)28(36)34-27(29(37)38)20-3-2-4-20/h5,8,13-15,19-20,27H,2-4,6-7,9-12,16-17H2,1H3,(H,34,36)(H,37,38). The molecule has 5 rings (SSSR count). The zero-order valence-corrected chi connectivity index (χ0v) is 22.9. The molecule has 210 valence electrons. The number of nitrogens with zero attached hydrogens (tertiary/aromatic N) is 1. The highest BCUT2D eigenvalue weighted by Gasteiger charge is 2.38. The van der Waals surface area contributed by atoms with E-state index in [1.807, 2.05) is 19.1 Å². The summed E-state index contributed by atoms with van der Waals surface area (Å²) in [4.78, 5) is 26.7. The largest absolute Gasteiger partial charge is 0.490 e. The predicted octanol–water partition coefficient (Wildman–Crippen LogP) is 6.03. The summed E-state index contributed by atoms with van der Waals surface area (Å²) in [6.45, 7) is 3.58. The highest BCUT2D eigenvalue weighted by Crippen LogP contribution is 2.45. The summed E-state index contributed by atoms with van der Waals surface area (Å²) < 4.78 is 36.7.